The van der Waals surface area contributed by atoms with Crippen LogP contribution in [0, 0.1) is 5.82 Å². The highest BCUT2D eigenvalue weighted by Gasteiger charge is 2.34. The summed E-state index contributed by atoms with van der Waals surface area (Å²) >= 11 is 0. The number of amides is 2. The van der Waals surface area contributed by atoms with Crippen molar-refractivity contribution in [1.82, 2.24) is 14.7 Å². The van der Waals surface area contributed by atoms with Gasteiger partial charge in [0, 0.05) is 32.2 Å². The largest absolute Gasteiger partial charge is 0.479 e. The molecule has 9 nitrogen and oxygen atoms in total. The number of halogens is 1. The minimum atomic E-state index is -0.655. The average Bonchev–Trinajstić information content (AvgIpc) is 2.87. The minimum absolute atomic E-state index is 0.0583. The molecule has 0 radical (unpaired) electrons. The number of hydrogen-bond donors (Lipinski definition) is 0. The lowest BCUT2D eigenvalue weighted by molar-refractivity contribution is -0.133. The molecule has 3 heterocycles. The number of fused-ring (bicyclic) bond motifs is 1. The Kier molecular flexibility index (Phi) is 5.94. The van der Waals surface area contributed by atoms with Crippen LogP contribution >= 0.6 is 0 Å². The molecule has 2 aliphatic rings. The summed E-state index contributed by atoms with van der Waals surface area (Å²) in [6.45, 7) is 3.55. The second-order valence-electron chi connectivity index (χ2n) is 8.44. The number of carbonyl (C=O) groups is 2. The van der Waals surface area contributed by atoms with Crippen LogP contribution in [0.5, 0.6) is 5.75 Å². The van der Waals surface area contributed by atoms with Gasteiger partial charge in [0.1, 0.15) is 23.9 Å². The van der Waals surface area contributed by atoms with E-state index >= 15 is 0 Å². The molecule has 1 fully saturated rings. The predicted molar refractivity (Wildman–Crippen MR) is 127 cm³/mol. The first-order chi connectivity index (χ1) is 16.9. The molecule has 180 valence electrons. The molecule has 35 heavy (non-hydrogen) atoms. The first kappa shape index (κ1) is 22.6. The highest BCUT2D eigenvalue weighted by Crippen LogP contribution is 2.33. The zero-order chi connectivity index (χ0) is 24.5. The van der Waals surface area contributed by atoms with Crippen molar-refractivity contribution in [1.29, 1.82) is 0 Å². The molecule has 2 aromatic carbocycles. The molecule has 5 rings (SSSR count). The Labute approximate surface area is 200 Å². The van der Waals surface area contributed by atoms with Crippen LogP contribution in [0.1, 0.15) is 6.92 Å². The summed E-state index contributed by atoms with van der Waals surface area (Å²) in [6, 6.07) is 15.8. The number of carbonyl (C=O) groups excluding carboxylic acids is 2. The van der Waals surface area contributed by atoms with E-state index < -0.39 is 11.9 Å². The number of hydrogen-bond acceptors (Lipinski definition) is 6. The van der Waals surface area contributed by atoms with Crippen molar-refractivity contribution in [3.8, 4) is 11.4 Å². The lowest BCUT2D eigenvalue weighted by Gasteiger charge is -2.37. The van der Waals surface area contributed by atoms with Gasteiger partial charge >= 0.3 is 0 Å². The van der Waals surface area contributed by atoms with Crippen LogP contribution in [-0.4, -0.2) is 65.3 Å². The van der Waals surface area contributed by atoms with Crippen LogP contribution in [0.15, 0.2) is 65.5 Å². The smallest absolute Gasteiger partial charge is 0.271 e. The Morgan fingerprint density at radius 1 is 1.00 bits per heavy atom. The van der Waals surface area contributed by atoms with E-state index in [-0.39, 0.29) is 23.9 Å². The molecule has 0 spiro atoms. The third-order valence-electron chi connectivity index (χ3n) is 6.18. The van der Waals surface area contributed by atoms with E-state index in [4.69, 9.17) is 4.74 Å². The SMILES string of the molecule is C[C@@H]1Oc2ccccc2N(CC(=O)N2CCN(c3ccc(=O)n(-c4ccc(F)cc4)n3)CC2)C1=O. The number of para-hydroxylation sites is 2. The summed E-state index contributed by atoms with van der Waals surface area (Å²) in [7, 11) is 0. The van der Waals surface area contributed by atoms with Gasteiger partial charge in [0.15, 0.2) is 6.10 Å². The van der Waals surface area contributed by atoms with Crippen LogP contribution in [0.25, 0.3) is 5.69 Å². The highest BCUT2D eigenvalue weighted by atomic mass is 19.1. The van der Waals surface area contributed by atoms with E-state index in [2.05, 4.69) is 5.10 Å². The summed E-state index contributed by atoms with van der Waals surface area (Å²) in [6.07, 6.45) is -0.655. The maximum atomic E-state index is 13.3. The van der Waals surface area contributed by atoms with E-state index in [1.807, 2.05) is 11.0 Å². The van der Waals surface area contributed by atoms with Crippen molar-refractivity contribution in [2.45, 2.75) is 13.0 Å². The monoisotopic (exact) mass is 477 g/mol. The van der Waals surface area contributed by atoms with Gasteiger partial charge in [-0.2, -0.15) is 4.68 Å². The van der Waals surface area contributed by atoms with E-state index in [0.29, 0.717) is 49.1 Å². The average molecular weight is 477 g/mol. The fourth-order valence-electron chi connectivity index (χ4n) is 4.28. The number of nitrogens with zero attached hydrogens (tertiary/aromatic N) is 5. The van der Waals surface area contributed by atoms with E-state index in [0.717, 1.165) is 0 Å². The van der Waals surface area contributed by atoms with E-state index in [1.165, 1.54) is 39.9 Å². The van der Waals surface area contributed by atoms with Gasteiger partial charge in [0.2, 0.25) is 5.91 Å². The van der Waals surface area contributed by atoms with E-state index in [1.54, 1.807) is 36.1 Å². The van der Waals surface area contributed by atoms with Crippen LogP contribution < -0.4 is 20.1 Å². The zero-order valence-corrected chi connectivity index (χ0v) is 19.1. The molecule has 10 heteroatoms. The van der Waals surface area contributed by atoms with Gasteiger partial charge in [0.25, 0.3) is 11.5 Å². The maximum absolute atomic E-state index is 13.3. The summed E-state index contributed by atoms with van der Waals surface area (Å²) in [5, 5.41) is 4.44. The van der Waals surface area contributed by atoms with Gasteiger partial charge in [0.05, 0.1) is 11.4 Å². The highest BCUT2D eigenvalue weighted by molar-refractivity contribution is 6.03. The summed E-state index contributed by atoms with van der Waals surface area (Å²) in [4.78, 5) is 43.3. The molecule has 0 bridgehead atoms. The lowest BCUT2D eigenvalue weighted by Crippen LogP contribution is -2.54. The van der Waals surface area contributed by atoms with Crippen LogP contribution in [0.2, 0.25) is 0 Å². The van der Waals surface area contributed by atoms with Crippen molar-refractivity contribution in [2.75, 3.05) is 42.5 Å². The number of piperazine rings is 1. The normalized spacial score (nSPS) is 17.7. The first-order valence-corrected chi connectivity index (χ1v) is 11.4. The molecule has 0 saturated carbocycles. The van der Waals surface area contributed by atoms with E-state index in [9.17, 15) is 18.8 Å². The Morgan fingerprint density at radius 2 is 1.71 bits per heavy atom. The van der Waals surface area contributed by atoms with Crippen molar-refractivity contribution in [3.05, 3.63) is 76.8 Å². The fraction of sp³-hybridized carbons (Fsp3) is 0.280. The van der Waals surface area contributed by atoms with Crippen molar-refractivity contribution < 1.29 is 18.7 Å². The topological polar surface area (TPSA) is 88.0 Å². The summed E-state index contributed by atoms with van der Waals surface area (Å²) in [5.41, 5.74) is 0.741. The van der Waals surface area contributed by atoms with Gasteiger partial charge < -0.3 is 14.5 Å². The lowest BCUT2D eigenvalue weighted by atomic mass is 10.2. The summed E-state index contributed by atoms with van der Waals surface area (Å²) < 4.78 is 20.1. The second kappa shape index (κ2) is 9.21. The second-order valence-corrected chi connectivity index (χ2v) is 8.44. The number of benzene rings is 2. The zero-order valence-electron chi connectivity index (χ0n) is 19.1. The molecule has 3 aromatic rings. The Balaban J connectivity index is 1.26. The van der Waals surface area contributed by atoms with Gasteiger partial charge in [-0.1, -0.05) is 12.1 Å². The molecular formula is C25H24FN5O4. The van der Waals surface area contributed by atoms with Crippen LogP contribution in [0.4, 0.5) is 15.9 Å². The summed E-state index contributed by atoms with van der Waals surface area (Å²) in [5.74, 6) is 0.385. The van der Waals surface area contributed by atoms with Gasteiger partial charge in [-0.25, -0.2) is 4.39 Å². The van der Waals surface area contributed by atoms with Crippen molar-refractivity contribution in [2.24, 2.45) is 0 Å². The van der Waals surface area contributed by atoms with Crippen molar-refractivity contribution >= 4 is 23.3 Å². The molecule has 0 unspecified atom stereocenters. The third kappa shape index (κ3) is 4.46. The Bertz CT molecular complexity index is 1320. The quantitative estimate of drug-likeness (QED) is 0.570. The molecule has 0 N–H and O–H groups in total. The Morgan fingerprint density at radius 3 is 2.46 bits per heavy atom. The first-order valence-electron chi connectivity index (χ1n) is 11.4. The molecule has 2 amide bonds. The van der Waals surface area contributed by atoms with Gasteiger partial charge in [-0.05, 0) is 49.4 Å². The van der Waals surface area contributed by atoms with Gasteiger partial charge in [-0.15, -0.1) is 5.10 Å². The van der Waals surface area contributed by atoms with Crippen LogP contribution in [0.3, 0.4) is 0 Å². The minimum Gasteiger partial charge on any atom is -0.479 e. The molecule has 0 aliphatic carbocycles. The fourth-order valence-corrected chi connectivity index (χ4v) is 4.28. The predicted octanol–water partition coefficient (Wildman–Crippen LogP) is 1.83. The molecule has 2 aliphatic heterocycles. The molecule has 1 atom stereocenters. The molecule has 1 aromatic heterocycles. The number of anilines is 2. The standard InChI is InChI=1S/C25H24FN5O4/c1-17-25(34)30(20-4-2-3-5-21(20)35-17)16-24(33)29-14-12-28(13-15-29)22-10-11-23(32)31(27-22)19-8-6-18(26)7-9-19/h2-11,17H,12-16H2,1H3/t17-/m0/s1. The molecular weight excluding hydrogens is 453 g/mol. The molecule has 1 saturated heterocycles. The third-order valence-corrected chi connectivity index (χ3v) is 6.18. The van der Waals surface area contributed by atoms with Gasteiger partial charge in [-0.3, -0.25) is 19.3 Å². The number of rotatable bonds is 4. The van der Waals surface area contributed by atoms with Crippen molar-refractivity contribution in [3.63, 3.8) is 0 Å². The maximum Gasteiger partial charge on any atom is 0.271 e. The number of ether oxygens (including phenoxy) is 1. The Hall–Kier alpha value is -4.21. The van der Waals surface area contributed by atoms with Crippen LogP contribution in [-0.2, 0) is 9.59 Å². The number of aromatic nitrogens is 2.